The highest BCUT2D eigenvalue weighted by Gasteiger charge is 2.26. The standard InChI is InChI=1S/C23H24N4O5/c1-31-18-10-8-17(9-11-18)27-23(30)26(15-16-6-5-7-19(14-16)32-2)22(29)20(24-27)21(28)25-12-3-4-13-25/h5-11,14H,3-4,12-13,15H2,1-2H3. The van der Waals surface area contributed by atoms with Gasteiger partial charge in [-0.2, -0.15) is 9.78 Å². The quantitative estimate of drug-likeness (QED) is 0.584. The number of amides is 1. The molecular weight excluding hydrogens is 412 g/mol. The van der Waals surface area contributed by atoms with E-state index in [1.54, 1.807) is 67.7 Å². The van der Waals surface area contributed by atoms with E-state index in [1.165, 1.54) is 0 Å². The Morgan fingerprint density at radius 3 is 2.31 bits per heavy atom. The number of hydrogen-bond donors (Lipinski definition) is 0. The number of aromatic nitrogens is 3. The summed E-state index contributed by atoms with van der Waals surface area (Å²) in [6.45, 7) is 1.11. The molecule has 9 nitrogen and oxygen atoms in total. The monoisotopic (exact) mass is 436 g/mol. The third-order valence-electron chi connectivity index (χ3n) is 5.45. The average molecular weight is 436 g/mol. The van der Waals surface area contributed by atoms with E-state index in [0.717, 1.165) is 22.1 Å². The van der Waals surface area contributed by atoms with E-state index in [9.17, 15) is 14.4 Å². The third kappa shape index (κ3) is 4.14. The first-order valence-corrected chi connectivity index (χ1v) is 10.3. The minimum absolute atomic E-state index is 0.0200. The fraction of sp³-hybridized carbons (Fsp3) is 0.304. The molecule has 0 saturated carbocycles. The minimum atomic E-state index is -0.709. The van der Waals surface area contributed by atoms with Gasteiger partial charge < -0.3 is 14.4 Å². The Bertz CT molecular complexity index is 1240. The Morgan fingerprint density at radius 1 is 0.969 bits per heavy atom. The Hall–Kier alpha value is -3.88. The first kappa shape index (κ1) is 21.4. The molecule has 0 atom stereocenters. The number of methoxy groups -OCH3 is 2. The maximum Gasteiger partial charge on any atom is 0.352 e. The van der Waals surface area contributed by atoms with Gasteiger partial charge in [0.1, 0.15) is 11.5 Å². The Morgan fingerprint density at radius 2 is 1.66 bits per heavy atom. The van der Waals surface area contributed by atoms with Gasteiger partial charge in [0, 0.05) is 13.1 Å². The van der Waals surface area contributed by atoms with Crippen molar-refractivity contribution >= 4 is 5.91 Å². The van der Waals surface area contributed by atoms with Gasteiger partial charge in [-0.15, -0.1) is 0 Å². The summed E-state index contributed by atoms with van der Waals surface area (Å²) in [6, 6.07) is 13.7. The van der Waals surface area contributed by atoms with E-state index in [0.29, 0.717) is 35.8 Å². The van der Waals surface area contributed by atoms with Gasteiger partial charge in [0.2, 0.25) is 5.69 Å². The summed E-state index contributed by atoms with van der Waals surface area (Å²) in [5.41, 5.74) is -0.507. The van der Waals surface area contributed by atoms with Crippen molar-refractivity contribution in [1.29, 1.82) is 0 Å². The molecule has 1 amide bonds. The lowest BCUT2D eigenvalue weighted by Gasteiger charge is -2.17. The van der Waals surface area contributed by atoms with Gasteiger partial charge in [-0.05, 0) is 54.8 Å². The minimum Gasteiger partial charge on any atom is -0.497 e. The van der Waals surface area contributed by atoms with Crippen LogP contribution in [0.5, 0.6) is 11.5 Å². The van der Waals surface area contributed by atoms with Gasteiger partial charge in [0.25, 0.3) is 11.5 Å². The third-order valence-corrected chi connectivity index (χ3v) is 5.45. The van der Waals surface area contributed by atoms with Crippen LogP contribution in [0.1, 0.15) is 28.9 Å². The summed E-state index contributed by atoms with van der Waals surface area (Å²) in [5.74, 6) is 0.752. The highest BCUT2D eigenvalue weighted by atomic mass is 16.5. The van der Waals surface area contributed by atoms with E-state index < -0.39 is 17.2 Å². The molecule has 32 heavy (non-hydrogen) atoms. The largest absolute Gasteiger partial charge is 0.497 e. The molecule has 0 aliphatic carbocycles. The molecule has 2 heterocycles. The Balaban J connectivity index is 1.86. The summed E-state index contributed by atoms with van der Waals surface area (Å²) in [5, 5.41) is 4.19. The zero-order valence-electron chi connectivity index (χ0n) is 18.0. The number of rotatable bonds is 6. The first-order chi connectivity index (χ1) is 15.5. The lowest BCUT2D eigenvalue weighted by Crippen LogP contribution is -2.46. The van der Waals surface area contributed by atoms with Gasteiger partial charge in [-0.1, -0.05) is 12.1 Å². The Kier molecular flexibility index (Phi) is 6.07. The Labute approximate surface area is 184 Å². The van der Waals surface area contributed by atoms with Crippen LogP contribution in [0, 0.1) is 0 Å². The summed E-state index contributed by atoms with van der Waals surface area (Å²) in [7, 11) is 3.09. The predicted octanol–water partition coefficient (Wildman–Crippen LogP) is 1.70. The molecule has 0 spiro atoms. The molecule has 1 aliphatic heterocycles. The van der Waals surface area contributed by atoms with Gasteiger partial charge in [0.05, 0.1) is 26.5 Å². The van der Waals surface area contributed by atoms with E-state index in [2.05, 4.69) is 5.10 Å². The van der Waals surface area contributed by atoms with Crippen molar-refractivity contribution < 1.29 is 14.3 Å². The lowest BCUT2D eigenvalue weighted by molar-refractivity contribution is 0.0781. The van der Waals surface area contributed by atoms with Crippen molar-refractivity contribution in [3.05, 3.63) is 80.6 Å². The number of benzene rings is 2. The molecule has 166 valence electrons. The fourth-order valence-electron chi connectivity index (χ4n) is 3.70. The number of nitrogens with zero attached hydrogens (tertiary/aromatic N) is 4. The molecule has 3 aromatic rings. The van der Waals surface area contributed by atoms with E-state index in [4.69, 9.17) is 9.47 Å². The van der Waals surface area contributed by atoms with Crippen molar-refractivity contribution in [1.82, 2.24) is 19.2 Å². The van der Waals surface area contributed by atoms with Crippen LogP contribution in [-0.4, -0.2) is 52.5 Å². The summed E-state index contributed by atoms with van der Waals surface area (Å²) in [4.78, 5) is 41.2. The van der Waals surface area contributed by atoms with Gasteiger partial charge in [-0.25, -0.2) is 4.79 Å². The SMILES string of the molecule is COc1ccc(-n2nc(C(=O)N3CCCC3)c(=O)n(Cc3cccc(OC)c3)c2=O)cc1. The van der Waals surface area contributed by atoms with Crippen LogP contribution in [0.2, 0.25) is 0 Å². The molecule has 0 unspecified atom stereocenters. The van der Waals surface area contributed by atoms with E-state index >= 15 is 0 Å². The number of hydrogen-bond acceptors (Lipinski definition) is 6. The van der Waals surface area contributed by atoms with Gasteiger partial charge >= 0.3 is 5.69 Å². The van der Waals surface area contributed by atoms with Crippen molar-refractivity contribution in [3.63, 3.8) is 0 Å². The molecule has 2 aromatic carbocycles. The summed E-state index contributed by atoms with van der Waals surface area (Å²) >= 11 is 0. The number of likely N-dealkylation sites (tertiary alicyclic amines) is 1. The van der Waals surface area contributed by atoms with Crippen LogP contribution in [-0.2, 0) is 6.54 Å². The van der Waals surface area contributed by atoms with Crippen LogP contribution in [0.3, 0.4) is 0 Å². The summed E-state index contributed by atoms with van der Waals surface area (Å²) < 4.78 is 12.5. The molecule has 1 aromatic heterocycles. The topological polar surface area (TPSA) is 95.7 Å². The van der Waals surface area contributed by atoms with Crippen molar-refractivity contribution in [2.45, 2.75) is 19.4 Å². The molecule has 0 bridgehead atoms. The van der Waals surface area contributed by atoms with Gasteiger partial charge in [0.15, 0.2) is 0 Å². The second-order valence-electron chi connectivity index (χ2n) is 7.48. The highest BCUT2D eigenvalue weighted by Crippen LogP contribution is 2.15. The molecule has 9 heteroatoms. The second kappa shape index (κ2) is 9.09. The fourth-order valence-corrected chi connectivity index (χ4v) is 3.70. The molecule has 1 saturated heterocycles. The smallest absolute Gasteiger partial charge is 0.352 e. The number of carbonyl (C=O) groups is 1. The normalized spacial score (nSPS) is 13.2. The maximum atomic E-state index is 13.3. The molecule has 4 rings (SSSR count). The van der Waals surface area contributed by atoms with E-state index in [1.807, 2.05) is 0 Å². The van der Waals surface area contributed by atoms with Crippen molar-refractivity contribution in [3.8, 4) is 17.2 Å². The number of carbonyl (C=O) groups excluding carboxylic acids is 1. The molecule has 0 N–H and O–H groups in total. The average Bonchev–Trinajstić information content (AvgIpc) is 3.37. The molecular formula is C23H24N4O5. The zero-order valence-corrected chi connectivity index (χ0v) is 18.0. The van der Waals surface area contributed by atoms with Crippen LogP contribution in [0.4, 0.5) is 0 Å². The molecule has 0 radical (unpaired) electrons. The van der Waals surface area contributed by atoms with Crippen molar-refractivity contribution in [2.75, 3.05) is 27.3 Å². The van der Waals surface area contributed by atoms with Crippen LogP contribution in [0.25, 0.3) is 5.69 Å². The number of ether oxygens (including phenoxy) is 2. The lowest BCUT2D eigenvalue weighted by atomic mass is 10.2. The van der Waals surface area contributed by atoms with Crippen LogP contribution < -0.4 is 20.7 Å². The predicted molar refractivity (Wildman–Crippen MR) is 118 cm³/mol. The van der Waals surface area contributed by atoms with Crippen LogP contribution >= 0.6 is 0 Å². The summed E-state index contributed by atoms with van der Waals surface area (Å²) in [6.07, 6.45) is 1.75. The zero-order chi connectivity index (χ0) is 22.7. The molecule has 1 aliphatic rings. The maximum absolute atomic E-state index is 13.3. The van der Waals surface area contributed by atoms with Crippen molar-refractivity contribution in [2.24, 2.45) is 0 Å². The van der Waals surface area contributed by atoms with E-state index in [-0.39, 0.29) is 12.2 Å². The van der Waals surface area contributed by atoms with Crippen LogP contribution in [0.15, 0.2) is 58.1 Å². The highest BCUT2D eigenvalue weighted by molar-refractivity contribution is 5.92. The second-order valence-corrected chi connectivity index (χ2v) is 7.48. The van der Waals surface area contributed by atoms with Gasteiger partial charge in [-0.3, -0.25) is 14.2 Å². The first-order valence-electron chi connectivity index (χ1n) is 10.3. The molecule has 1 fully saturated rings.